The Bertz CT molecular complexity index is 630. The summed E-state index contributed by atoms with van der Waals surface area (Å²) >= 11 is 3.20. The van der Waals surface area contributed by atoms with Crippen LogP contribution in [0.4, 0.5) is 11.6 Å². The quantitative estimate of drug-likeness (QED) is 0.867. The Morgan fingerprint density at radius 1 is 1.24 bits per heavy atom. The first kappa shape index (κ1) is 15.4. The van der Waals surface area contributed by atoms with E-state index in [1.54, 1.807) is 12.1 Å². The molecule has 21 heavy (non-hydrogen) atoms. The molecule has 0 aromatic carbocycles. The van der Waals surface area contributed by atoms with Gasteiger partial charge in [-0.25, -0.2) is 15.0 Å². The maximum absolute atomic E-state index is 12.2. The Kier molecular flexibility index (Phi) is 5.21. The molecule has 0 spiro atoms. The van der Waals surface area contributed by atoms with Crippen molar-refractivity contribution in [2.45, 2.75) is 20.3 Å². The SMILES string of the molecule is CCCNc1cc(C(=O)Nc2cnc(Br)cn2)cc(C)n1. The molecule has 0 atom stereocenters. The summed E-state index contributed by atoms with van der Waals surface area (Å²) < 4.78 is 0.617. The molecule has 0 fully saturated rings. The Hall–Kier alpha value is -2.02. The molecule has 2 heterocycles. The molecular formula is C14H16BrN5O. The smallest absolute Gasteiger partial charge is 0.257 e. The van der Waals surface area contributed by atoms with Crippen LogP contribution in [0.3, 0.4) is 0 Å². The van der Waals surface area contributed by atoms with Crippen molar-refractivity contribution in [3.63, 3.8) is 0 Å². The Morgan fingerprint density at radius 3 is 2.71 bits per heavy atom. The van der Waals surface area contributed by atoms with Crippen LogP contribution in [0.25, 0.3) is 0 Å². The second-order valence-electron chi connectivity index (χ2n) is 4.49. The molecule has 0 saturated heterocycles. The Labute approximate surface area is 131 Å². The van der Waals surface area contributed by atoms with E-state index in [1.807, 2.05) is 6.92 Å². The van der Waals surface area contributed by atoms with Crippen LogP contribution in [0.2, 0.25) is 0 Å². The van der Waals surface area contributed by atoms with Gasteiger partial charge in [-0.1, -0.05) is 6.92 Å². The molecule has 0 saturated carbocycles. The molecule has 2 N–H and O–H groups in total. The number of anilines is 2. The molecule has 2 aromatic heterocycles. The third-order valence-electron chi connectivity index (χ3n) is 2.63. The van der Waals surface area contributed by atoms with E-state index in [9.17, 15) is 4.79 Å². The normalized spacial score (nSPS) is 10.2. The molecule has 0 aliphatic carbocycles. The van der Waals surface area contributed by atoms with Gasteiger partial charge in [-0.15, -0.1) is 0 Å². The summed E-state index contributed by atoms with van der Waals surface area (Å²) in [6.45, 7) is 4.74. The number of carbonyl (C=O) groups is 1. The average molecular weight is 350 g/mol. The van der Waals surface area contributed by atoms with Crippen molar-refractivity contribution < 1.29 is 4.79 Å². The van der Waals surface area contributed by atoms with E-state index in [4.69, 9.17) is 0 Å². The topological polar surface area (TPSA) is 79.8 Å². The largest absolute Gasteiger partial charge is 0.370 e. The highest BCUT2D eigenvalue weighted by molar-refractivity contribution is 9.10. The minimum absolute atomic E-state index is 0.239. The first-order chi connectivity index (χ1) is 10.1. The van der Waals surface area contributed by atoms with Crippen LogP contribution in [0.1, 0.15) is 29.4 Å². The fourth-order valence-electron chi connectivity index (χ4n) is 1.71. The van der Waals surface area contributed by atoms with Gasteiger partial charge in [0.2, 0.25) is 0 Å². The molecule has 1 amide bonds. The third-order valence-corrected chi connectivity index (χ3v) is 3.04. The molecule has 0 unspecified atom stereocenters. The molecule has 7 heteroatoms. The minimum Gasteiger partial charge on any atom is -0.370 e. The fourth-order valence-corrected chi connectivity index (χ4v) is 1.91. The first-order valence-corrected chi connectivity index (χ1v) is 7.39. The predicted molar refractivity (Wildman–Crippen MR) is 85.4 cm³/mol. The molecule has 110 valence electrons. The number of aromatic nitrogens is 3. The average Bonchev–Trinajstić information content (AvgIpc) is 2.47. The van der Waals surface area contributed by atoms with Gasteiger partial charge < -0.3 is 10.6 Å². The number of aryl methyl sites for hydroxylation is 1. The number of pyridine rings is 1. The predicted octanol–water partition coefficient (Wildman–Crippen LogP) is 3.02. The van der Waals surface area contributed by atoms with E-state index in [1.165, 1.54) is 12.4 Å². The summed E-state index contributed by atoms with van der Waals surface area (Å²) in [5.74, 6) is 0.862. The van der Waals surface area contributed by atoms with E-state index < -0.39 is 0 Å². The van der Waals surface area contributed by atoms with Crippen molar-refractivity contribution in [3.05, 3.63) is 40.4 Å². The van der Waals surface area contributed by atoms with Gasteiger partial charge in [-0.05, 0) is 41.4 Å². The Morgan fingerprint density at radius 2 is 2.05 bits per heavy atom. The van der Waals surface area contributed by atoms with Gasteiger partial charge in [0.15, 0.2) is 5.82 Å². The van der Waals surface area contributed by atoms with Gasteiger partial charge in [-0.3, -0.25) is 4.79 Å². The third kappa shape index (κ3) is 4.49. The lowest BCUT2D eigenvalue weighted by Crippen LogP contribution is -2.14. The monoisotopic (exact) mass is 349 g/mol. The van der Waals surface area contributed by atoms with E-state index >= 15 is 0 Å². The van der Waals surface area contributed by atoms with Crippen LogP contribution < -0.4 is 10.6 Å². The van der Waals surface area contributed by atoms with Gasteiger partial charge in [0.05, 0.1) is 12.4 Å². The van der Waals surface area contributed by atoms with Crippen LogP contribution in [-0.2, 0) is 0 Å². The number of nitrogens with zero attached hydrogens (tertiary/aromatic N) is 3. The highest BCUT2D eigenvalue weighted by atomic mass is 79.9. The zero-order valence-electron chi connectivity index (χ0n) is 11.9. The standard InChI is InChI=1S/C14H16BrN5O/c1-3-4-16-12-6-10(5-9(2)19-12)14(21)20-13-8-17-11(15)7-18-13/h5-8H,3-4H2,1-2H3,(H,16,19)(H,18,20,21). The highest BCUT2D eigenvalue weighted by Crippen LogP contribution is 2.13. The van der Waals surface area contributed by atoms with Crippen LogP contribution in [0.5, 0.6) is 0 Å². The van der Waals surface area contributed by atoms with Gasteiger partial charge in [0.1, 0.15) is 10.4 Å². The van der Waals surface area contributed by atoms with E-state index in [2.05, 4.69) is 48.4 Å². The number of rotatable bonds is 5. The highest BCUT2D eigenvalue weighted by Gasteiger charge is 2.10. The summed E-state index contributed by atoms with van der Waals surface area (Å²) in [4.78, 5) is 24.7. The molecular weight excluding hydrogens is 334 g/mol. The lowest BCUT2D eigenvalue weighted by molar-refractivity contribution is 0.102. The van der Waals surface area contributed by atoms with Gasteiger partial charge >= 0.3 is 0 Å². The number of halogens is 1. The maximum atomic E-state index is 12.2. The van der Waals surface area contributed by atoms with Crippen LogP contribution in [0, 0.1) is 6.92 Å². The zero-order valence-corrected chi connectivity index (χ0v) is 13.4. The summed E-state index contributed by atoms with van der Waals surface area (Å²) in [6, 6.07) is 3.46. The van der Waals surface area contributed by atoms with Crippen molar-refractivity contribution in [1.29, 1.82) is 0 Å². The first-order valence-electron chi connectivity index (χ1n) is 6.60. The number of hydrogen-bond acceptors (Lipinski definition) is 5. The molecule has 2 rings (SSSR count). The zero-order chi connectivity index (χ0) is 15.2. The number of hydrogen-bond donors (Lipinski definition) is 2. The van der Waals surface area contributed by atoms with Crippen molar-refractivity contribution in [3.8, 4) is 0 Å². The molecule has 6 nitrogen and oxygen atoms in total. The second kappa shape index (κ2) is 7.12. The number of nitrogens with one attached hydrogen (secondary N) is 2. The van der Waals surface area contributed by atoms with E-state index in [0.29, 0.717) is 21.8 Å². The lowest BCUT2D eigenvalue weighted by Gasteiger charge is -2.09. The van der Waals surface area contributed by atoms with Crippen LogP contribution >= 0.6 is 15.9 Å². The minimum atomic E-state index is -0.239. The number of amides is 1. The summed E-state index contributed by atoms with van der Waals surface area (Å²) in [5.41, 5.74) is 1.31. The van der Waals surface area contributed by atoms with Crippen molar-refractivity contribution in [1.82, 2.24) is 15.0 Å². The van der Waals surface area contributed by atoms with Crippen LogP contribution in [-0.4, -0.2) is 27.4 Å². The van der Waals surface area contributed by atoms with E-state index in [0.717, 1.165) is 18.7 Å². The Balaban J connectivity index is 2.14. The summed E-state index contributed by atoms with van der Waals surface area (Å²) in [6.07, 6.45) is 4.01. The van der Waals surface area contributed by atoms with E-state index in [-0.39, 0.29) is 5.91 Å². The molecule has 0 aliphatic heterocycles. The lowest BCUT2D eigenvalue weighted by atomic mass is 10.2. The van der Waals surface area contributed by atoms with Gasteiger partial charge in [0, 0.05) is 17.8 Å². The molecule has 2 aromatic rings. The van der Waals surface area contributed by atoms with Crippen molar-refractivity contribution in [2.24, 2.45) is 0 Å². The second-order valence-corrected chi connectivity index (χ2v) is 5.30. The van der Waals surface area contributed by atoms with Crippen molar-refractivity contribution >= 4 is 33.5 Å². The summed E-state index contributed by atoms with van der Waals surface area (Å²) in [5, 5.41) is 5.88. The van der Waals surface area contributed by atoms with Gasteiger partial charge in [0.25, 0.3) is 5.91 Å². The molecule has 0 bridgehead atoms. The fraction of sp³-hybridized carbons (Fsp3) is 0.286. The van der Waals surface area contributed by atoms with Crippen LogP contribution in [0.15, 0.2) is 29.1 Å². The van der Waals surface area contributed by atoms with Gasteiger partial charge in [-0.2, -0.15) is 0 Å². The van der Waals surface area contributed by atoms with Crippen molar-refractivity contribution in [2.75, 3.05) is 17.2 Å². The maximum Gasteiger partial charge on any atom is 0.257 e. The molecule has 0 radical (unpaired) electrons. The summed E-state index contributed by atoms with van der Waals surface area (Å²) in [7, 11) is 0. The number of carbonyl (C=O) groups excluding carboxylic acids is 1. The molecule has 0 aliphatic rings.